The van der Waals surface area contributed by atoms with Crippen LogP contribution in [0.1, 0.15) is 17.4 Å². The van der Waals surface area contributed by atoms with Crippen LogP contribution in [0, 0.1) is 0 Å². The quantitative estimate of drug-likeness (QED) is 0.319. The molecule has 34 heavy (non-hydrogen) atoms. The van der Waals surface area contributed by atoms with E-state index in [0.29, 0.717) is 34.6 Å². The first-order valence-corrected chi connectivity index (χ1v) is 11.3. The highest BCUT2D eigenvalue weighted by molar-refractivity contribution is 9.10. The second-order valence-corrected chi connectivity index (χ2v) is 8.13. The van der Waals surface area contributed by atoms with Gasteiger partial charge in [-0.05, 0) is 55.5 Å². The number of nitrogens with zero attached hydrogens (tertiary/aromatic N) is 1. The molecule has 0 aliphatic rings. The summed E-state index contributed by atoms with van der Waals surface area (Å²) in [6.45, 7) is 2.23. The Balaban J connectivity index is 1.61. The predicted molar refractivity (Wildman–Crippen MR) is 135 cm³/mol. The number of fused-ring (bicyclic) bond motifs is 1. The fourth-order valence-corrected chi connectivity index (χ4v) is 3.75. The standard InChI is InChI=1S/C25H21BrN4O4/c1-2-34-22-11-7-6-10-19(22)28-24(32)25(33)29-30-20-13-12-17(26)14-16(20)15-21(30)23(31)27-18-8-4-3-5-9-18/h3-15H,2H2,1H3,(H,27,31)(H,28,32)(H,29,33). The maximum absolute atomic E-state index is 13.0. The molecule has 4 aromatic rings. The average molecular weight is 521 g/mol. The van der Waals surface area contributed by atoms with Gasteiger partial charge in [0.05, 0.1) is 17.8 Å². The number of anilines is 2. The number of nitrogens with one attached hydrogen (secondary N) is 3. The Morgan fingerprint density at radius 3 is 2.38 bits per heavy atom. The first kappa shape index (κ1) is 23.1. The summed E-state index contributed by atoms with van der Waals surface area (Å²) >= 11 is 3.41. The Labute approximate surface area is 204 Å². The normalized spacial score (nSPS) is 10.5. The molecule has 0 aliphatic heterocycles. The van der Waals surface area contributed by atoms with Gasteiger partial charge in [0.15, 0.2) is 0 Å². The van der Waals surface area contributed by atoms with Crippen molar-refractivity contribution < 1.29 is 19.1 Å². The molecule has 3 N–H and O–H groups in total. The van der Waals surface area contributed by atoms with Gasteiger partial charge in [-0.15, -0.1) is 0 Å². The van der Waals surface area contributed by atoms with Gasteiger partial charge < -0.3 is 15.4 Å². The lowest BCUT2D eigenvalue weighted by atomic mass is 10.2. The lowest BCUT2D eigenvalue weighted by molar-refractivity contribution is -0.133. The molecule has 0 saturated heterocycles. The maximum Gasteiger partial charge on any atom is 0.328 e. The molecule has 0 radical (unpaired) electrons. The van der Waals surface area contributed by atoms with Crippen LogP contribution in [0.5, 0.6) is 5.75 Å². The minimum atomic E-state index is -0.944. The number of halogens is 1. The van der Waals surface area contributed by atoms with Gasteiger partial charge in [-0.1, -0.05) is 46.3 Å². The predicted octanol–water partition coefficient (Wildman–Crippen LogP) is 4.76. The summed E-state index contributed by atoms with van der Waals surface area (Å²) in [6.07, 6.45) is 0. The van der Waals surface area contributed by atoms with Crippen molar-refractivity contribution in [3.63, 3.8) is 0 Å². The van der Waals surface area contributed by atoms with Crippen LogP contribution in [-0.2, 0) is 9.59 Å². The number of benzene rings is 3. The third kappa shape index (κ3) is 5.10. The highest BCUT2D eigenvalue weighted by Gasteiger charge is 2.22. The average Bonchev–Trinajstić information content (AvgIpc) is 3.18. The topological polar surface area (TPSA) is 101 Å². The van der Waals surface area contributed by atoms with Gasteiger partial charge >= 0.3 is 11.8 Å². The molecule has 1 heterocycles. The van der Waals surface area contributed by atoms with Gasteiger partial charge in [0.25, 0.3) is 5.91 Å². The molecule has 4 rings (SSSR count). The van der Waals surface area contributed by atoms with E-state index in [1.54, 1.807) is 66.7 Å². The Morgan fingerprint density at radius 2 is 1.62 bits per heavy atom. The van der Waals surface area contributed by atoms with E-state index in [1.165, 1.54) is 4.68 Å². The van der Waals surface area contributed by atoms with E-state index < -0.39 is 17.7 Å². The van der Waals surface area contributed by atoms with Gasteiger partial charge in [0.1, 0.15) is 11.4 Å². The molecular formula is C25H21BrN4O4. The molecule has 0 unspecified atom stereocenters. The van der Waals surface area contributed by atoms with E-state index >= 15 is 0 Å². The van der Waals surface area contributed by atoms with Crippen molar-refractivity contribution in [2.75, 3.05) is 22.7 Å². The van der Waals surface area contributed by atoms with E-state index in [2.05, 4.69) is 32.0 Å². The molecular weight excluding hydrogens is 500 g/mol. The molecule has 8 nitrogen and oxygen atoms in total. The number of hydrogen-bond donors (Lipinski definition) is 3. The fraction of sp³-hybridized carbons (Fsp3) is 0.0800. The smallest absolute Gasteiger partial charge is 0.328 e. The minimum Gasteiger partial charge on any atom is -0.492 e. The van der Waals surface area contributed by atoms with Crippen molar-refractivity contribution in [3.05, 3.63) is 89.0 Å². The van der Waals surface area contributed by atoms with Crippen LogP contribution in [0.15, 0.2) is 83.3 Å². The molecule has 0 bridgehead atoms. The van der Waals surface area contributed by atoms with Crippen molar-refractivity contribution in [1.29, 1.82) is 0 Å². The number of rotatable bonds is 6. The first-order valence-electron chi connectivity index (χ1n) is 10.5. The molecule has 0 fully saturated rings. The zero-order chi connectivity index (χ0) is 24.1. The number of hydrogen-bond acceptors (Lipinski definition) is 4. The summed E-state index contributed by atoms with van der Waals surface area (Å²) in [5.74, 6) is -1.84. The Kier molecular flexibility index (Phi) is 6.93. The molecule has 0 aliphatic carbocycles. The van der Waals surface area contributed by atoms with Crippen molar-refractivity contribution in [3.8, 4) is 5.75 Å². The van der Waals surface area contributed by atoms with Gasteiger partial charge in [0, 0.05) is 15.5 Å². The number of carbonyl (C=O) groups is 3. The van der Waals surface area contributed by atoms with Crippen LogP contribution in [0.3, 0.4) is 0 Å². The number of para-hydroxylation sites is 3. The van der Waals surface area contributed by atoms with Crippen molar-refractivity contribution in [1.82, 2.24) is 4.68 Å². The van der Waals surface area contributed by atoms with Gasteiger partial charge in [-0.25, -0.2) is 4.68 Å². The zero-order valence-electron chi connectivity index (χ0n) is 18.2. The summed E-state index contributed by atoms with van der Waals surface area (Å²) in [6, 6.07) is 22.7. The van der Waals surface area contributed by atoms with Gasteiger partial charge in [-0.2, -0.15) is 0 Å². The highest BCUT2D eigenvalue weighted by Crippen LogP contribution is 2.25. The van der Waals surface area contributed by atoms with Crippen LogP contribution in [0.2, 0.25) is 0 Å². The van der Waals surface area contributed by atoms with E-state index in [9.17, 15) is 14.4 Å². The van der Waals surface area contributed by atoms with Crippen LogP contribution in [0.25, 0.3) is 10.9 Å². The van der Waals surface area contributed by atoms with E-state index in [1.807, 2.05) is 19.1 Å². The Morgan fingerprint density at radius 1 is 0.882 bits per heavy atom. The van der Waals surface area contributed by atoms with Crippen molar-refractivity contribution >= 4 is 55.9 Å². The third-order valence-corrected chi connectivity index (χ3v) is 5.38. The van der Waals surface area contributed by atoms with Crippen LogP contribution in [-0.4, -0.2) is 29.0 Å². The number of amides is 3. The number of carbonyl (C=O) groups excluding carboxylic acids is 3. The highest BCUT2D eigenvalue weighted by atomic mass is 79.9. The minimum absolute atomic E-state index is 0.160. The van der Waals surface area contributed by atoms with Crippen LogP contribution >= 0.6 is 15.9 Å². The van der Waals surface area contributed by atoms with Gasteiger partial charge in [0.2, 0.25) is 0 Å². The van der Waals surface area contributed by atoms with Gasteiger partial charge in [-0.3, -0.25) is 19.8 Å². The Hall–Kier alpha value is -4.11. The summed E-state index contributed by atoms with van der Waals surface area (Å²) in [4.78, 5) is 38.5. The number of aromatic nitrogens is 1. The maximum atomic E-state index is 13.0. The zero-order valence-corrected chi connectivity index (χ0v) is 19.8. The molecule has 3 amide bonds. The van der Waals surface area contributed by atoms with E-state index in [4.69, 9.17) is 4.74 Å². The van der Waals surface area contributed by atoms with Crippen molar-refractivity contribution in [2.24, 2.45) is 0 Å². The first-order chi connectivity index (χ1) is 16.5. The lowest BCUT2D eigenvalue weighted by Crippen LogP contribution is -2.36. The monoisotopic (exact) mass is 520 g/mol. The molecule has 172 valence electrons. The fourth-order valence-electron chi connectivity index (χ4n) is 3.37. The molecule has 3 aromatic carbocycles. The number of ether oxygens (including phenoxy) is 1. The van der Waals surface area contributed by atoms with Crippen LogP contribution < -0.4 is 20.8 Å². The summed E-state index contributed by atoms with van der Waals surface area (Å²) in [7, 11) is 0. The molecule has 0 spiro atoms. The molecule has 9 heteroatoms. The van der Waals surface area contributed by atoms with E-state index in [0.717, 1.165) is 4.47 Å². The summed E-state index contributed by atoms with van der Waals surface area (Å²) in [5, 5.41) is 6.06. The lowest BCUT2D eigenvalue weighted by Gasteiger charge is -2.14. The largest absolute Gasteiger partial charge is 0.492 e. The molecule has 0 atom stereocenters. The second-order valence-electron chi connectivity index (χ2n) is 7.21. The SMILES string of the molecule is CCOc1ccccc1NC(=O)C(=O)Nn1c(C(=O)Nc2ccccc2)cc2cc(Br)ccc21. The van der Waals surface area contributed by atoms with Crippen LogP contribution in [0.4, 0.5) is 11.4 Å². The van der Waals surface area contributed by atoms with E-state index in [-0.39, 0.29) is 5.69 Å². The summed E-state index contributed by atoms with van der Waals surface area (Å²) in [5.41, 5.74) is 4.22. The van der Waals surface area contributed by atoms with Crippen molar-refractivity contribution in [2.45, 2.75) is 6.92 Å². The molecule has 0 saturated carbocycles. The Bertz CT molecular complexity index is 1370. The second kappa shape index (κ2) is 10.2. The third-order valence-electron chi connectivity index (χ3n) is 4.88. The summed E-state index contributed by atoms with van der Waals surface area (Å²) < 4.78 is 7.60. The molecule has 1 aromatic heterocycles.